The van der Waals surface area contributed by atoms with Crippen molar-refractivity contribution < 1.29 is 5.11 Å². The van der Waals surface area contributed by atoms with E-state index in [1.54, 1.807) is 0 Å². The molecule has 1 heterocycles. The molecule has 0 aliphatic carbocycles. The number of hydrogen-bond donors (Lipinski definition) is 2. The van der Waals surface area contributed by atoms with E-state index in [0.29, 0.717) is 0 Å². The zero-order valence-corrected chi connectivity index (χ0v) is 14.2. The molecule has 1 unspecified atom stereocenters. The smallest absolute Gasteiger partial charge is 0.0635 e. The largest absolute Gasteiger partial charge is 0.394 e. The van der Waals surface area contributed by atoms with Crippen LogP contribution in [0, 0.1) is 0 Å². The molecular formula is C16H25BrN2O. The van der Waals surface area contributed by atoms with Gasteiger partial charge in [-0.15, -0.1) is 0 Å². The van der Waals surface area contributed by atoms with Gasteiger partial charge in [0, 0.05) is 28.8 Å². The molecule has 0 saturated carbocycles. The summed E-state index contributed by atoms with van der Waals surface area (Å²) in [5.41, 5.74) is 2.59. The van der Waals surface area contributed by atoms with Crippen molar-refractivity contribution in [3.05, 3.63) is 28.2 Å². The number of aliphatic hydroxyl groups is 1. The van der Waals surface area contributed by atoms with Crippen molar-refractivity contribution in [1.82, 2.24) is 5.32 Å². The fraction of sp³-hybridized carbons (Fsp3) is 0.625. The average molecular weight is 341 g/mol. The third-order valence-electron chi connectivity index (χ3n) is 3.77. The predicted molar refractivity (Wildman–Crippen MR) is 88.2 cm³/mol. The lowest BCUT2D eigenvalue weighted by Gasteiger charge is -2.26. The average Bonchev–Trinajstić information content (AvgIpc) is 2.84. The van der Waals surface area contributed by atoms with Gasteiger partial charge in [0.2, 0.25) is 0 Å². The molecule has 1 fully saturated rings. The summed E-state index contributed by atoms with van der Waals surface area (Å²) in [6.07, 6.45) is 2.25. The fourth-order valence-electron chi connectivity index (χ4n) is 2.58. The summed E-state index contributed by atoms with van der Waals surface area (Å²) < 4.78 is 1.13. The van der Waals surface area contributed by atoms with Gasteiger partial charge in [0.1, 0.15) is 0 Å². The molecule has 1 aromatic rings. The first-order valence-electron chi connectivity index (χ1n) is 7.31. The molecule has 0 aromatic heterocycles. The molecule has 1 aliphatic rings. The zero-order valence-electron chi connectivity index (χ0n) is 12.6. The molecule has 1 aromatic carbocycles. The highest BCUT2D eigenvalue weighted by Gasteiger charge is 2.24. The number of nitrogens with one attached hydrogen (secondary N) is 1. The lowest BCUT2D eigenvalue weighted by Crippen LogP contribution is -2.35. The molecule has 0 radical (unpaired) electrons. The highest BCUT2D eigenvalue weighted by atomic mass is 79.9. The van der Waals surface area contributed by atoms with Gasteiger partial charge in [0.05, 0.1) is 12.6 Å². The second-order valence-corrected chi connectivity index (χ2v) is 7.41. The minimum absolute atomic E-state index is 0.120. The Morgan fingerprint density at radius 1 is 1.40 bits per heavy atom. The molecule has 112 valence electrons. The standard InChI is InChI=1S/C16H25BrN2O/c1-16(2,3)18-10-12-6-7-13(9-15(12)17)19-8-4-5-14(19)11-20/h6-7,9,14,18,20H,4-5,8,10-11H2,1-3H3. The maximum atomic E-state index is 9.43. The van der Waals surface area contributed by atoms with Crippen LogP contribution in [0.4, 0.5) is 5.69 Å². The number of halogens is 1. The van der Waals surface area contributed by atoms with Crippen LogP contribution in [0.5, 0.6) is 0 Å². The minimum Gasteiger partial charge on any atom is -0.394 e. The number of benzene rings is 1. The van der Waals surface area contributed by atoms with Crippen LogP contribution in [0.2, 0.25) is 0 Å². The summed E-state index contributed by atoms with van der Waals surface area (Å²) in [7, 11) is 0. The first kappa shape index (κ1) is 15.8. The second kappa shape index (κ2) is 6.46. The maximum absolute atomic E-state index is 9.43. The molecule has 2 rings (SSSR count). The molecule has 1 aliphatic heterocycles. The first-order valence-corrected chi connectivity index (χ1v) is 8.11. The van der Waals surface area contributed by atoms with Crippen LogP contribution >= 0.6 is 15.9 Å². The molecule has 20 heavy (non-hydrogen) atoms. The number of hydrogen-bond acceptors (Lipinski definition) is 3. The van der Waals surface area contributed by atoms with E-state index in [9.17, 15) is 5.11 Å². The molecular weight excluding hydrogens is 316 g/mol. The van der Waals surface area contributed by atoms with E-state index in [4.69, 9.17) is 0 Å². The van der Waals surface area contributed by atoms with Crippen molar-refractivity contribution in [3.8, 4) is 0 Å². The Labute approximate surface area is 130 Å². The van der Waals surface area contributed by atoms with Gasteiger partial charge in [0.15, 0.2) is 0 Å². The second-order valence-electron chi connectivity index (χ2n) is 6.55. The third kappa shape index (κ3) is 3.96. The van der Waals surface area contributed by atoms with Gasteiger partial charge in [-0.05, 0) is 51.3 Å². The van der Waals surface area contributed by atoms with Gasteiger partial charge in [-0.3, -0.25) is 0 Å². The van der Waals surface area contributed by atoms with Crippen LogP contribution in [-0.2, 0) is 6.54 Å². The van der Waals surface area contributed by atoms with Crippen molar-refractivity contribution in [3.63, 3.8) is 0 Å². The highest BCUT2D eigenvalue weighted by molar-refractivity contribution is 9.10. The Hall–Kier alpha value is -0.580. The van der Waals surface area contributed by atoms with Gasteiger partial charge in [-0.2, -0.15) is 0 Å². The van der Waals surface area contributed by atoms with Gasteiger partial charge in [-0.1, -0.05) is 22.0 Å². The number of nitrogens with zero attached hydrogens (tertiary/aromatic N) is 1. The van der Waals surface area contributed by atoms with Crippen molar-refractivity contribution >= 4 is 21.6 Å². The van der Waals surface area contributed by atoms with Crippen molar-refractivity contribution in [1.29, 1.82) is 0 Å². The Morgan fingerprint density at radius 2 is 2.15 bits per heavy atom. The van der Waals surface area contributed by atoms with Crippen molar-refractivity contribution in [2.24, 2.45) is 0 Å². The summed E-state index contributed by atoms with van der Waals surface area (Å²) in [5.74, 6) is 0. The topological polar surface area (TPSA) is 35.5 Å². The van der Waals surface area contributed by atoms with E-state index in [0.717, 1.165) is 30.4 Å². The van der Waals surface area contributed by atoms with Gasteiger partial charge < -0.3 is 15.3 Å². The normalized spacial score (nSPS) is 19.6. The maximum Gasteiger partial charge on any atom is 0.0635 e. The summed E-state index contributed by atoms with van der Waals surface area (Å²) in [6.45, 7) is 8.65. The lowest BCUT2D eigenvalue weighted by molar-refractivity contribution is 0.266. The summed E-state index contributed by atoms with van der Waals surface area (Å²) in [5, 5.41) is 12.9. The van der Waals surface area contributed by atoms with E-state index in [1.807, 2.05) is 0 Å². The van der Waals surface area contributed by atoms with Crippen LogP contribution in [0.25, 0.3) is 0 Å². The number of aliphatic hydroxyl groups excluding tert-OH is 1. The Morgan fingerprint density at radius 3 is 2.75 bits per heavy atom. The number of anilines is 1. The Balaban J connectivity index is 2.09. The molecule has 2 N–H and O–H groups in total. The van der Waals surface area contributed by atoms with E-state index >= 15 is 0 Å². The van der Waals surface area contributed by atoms with Gasteiger partial charge >= 0.3 is 0 Å². The molecule has 1 atom stereocenters. The Kier molecular flexibility index (Phi) is 5.10. The van der Waals surface area contributed by atoms with E-state index in [1.165, 1.54) is 11.3 Å². The van der Waals surface area contributed by atoms with Gasteiger partial charge in [-0.25, -0.2) is 0 Å². The molecule has 0 amide bonds. The van der Waals surface area contributed by atoms with E-state index in [2.05, 4.69) is 65.1 Å². The summed E-state index contributed by atoms with van der Waals surface area (Å²) in [4.78, 5) is 2.31. The zero-order chi connectivity index (χ0) is 14.8. The molecule has 3 nitrogen and oxygen atoms in total. The van der Waals surface area contributed by atoms with Gasteiger partial charge in [0.25, 0.3) is 0 Å². The monoisotopic (exact) mass is 340 g/mol. The van der Waals surface area contributed by atoms with Crippen LogP contribution in [0.1, 0.15) is 39.2 Å². The quantitative estimate of drug-likeness (QED) is 0.882. The predicted octanol–water partition coefficient (Wildman–Crippen LogP) is 3.30. The molecule has 0 spiro atoms. The Bertz CT molecular complexity index is 456. The fourth-order valence-corrected chi connectivity index (χ4v) is 3.09. The third-order valence-corrected chi connectivity index (χ3v) is 4.50. The summed E-state index contributed by atoms with van der Waals surface area (Å²) >= 11 is 3.67. The number of rotatable bonds is 4. The molecule has 0 bridgehead atoms. The van der Waals surface area contributed by atoms with Crippen LogP contribution in [-0.4, -0.2) is 29.8 Å². The van der Waals surface area contributed by atoms with Crippen LogP contribution in [0.3, 0.4) is 0 Å². The lowest BCUT2D eigenvalue weighted by atomic mass is 10.1. The molecule has 4 heteroatoms. The molecule has 1 saturated heterocycles. The van der Waals surface area contributed by atoms with E-state index < -0.39 is 0 Å². The van der Waals surface area contributed by atoms with E-state index in [-0.39, 0.29) is 18.2 Å². The summed E-state index contributed by atoms with van der Waals surface area (Å²) in [6, 6.07) is 6.79. The SMILES string of the molecule is CC(C)(C)NCc1ccc(N2CCCC2CO)cc1Br. The first-order chi connectivity index (χ1) is 9.40. The van der Waals surface area contributed by atoms with Crippen LogP contribution in [0.15, 0.2) is 22.7 Å². The van der Waals surface area contributed by atoms with Crippen LogP contribution < -0.4 is 10.2 Å². The minimum atomic E-state index is 0.120. The van der Waals surface area contributed by atoms with Crippen molar-refractivity contribution in [2.75, 3.05) is 18.1 Å². The highest BCUT2D eigenvalue weighted by Crippen LogP contribution is 2.29. The van der Waals surface area contributed by atoms with Crippen molar-refractivity contribution in [2.45, 2.75) is 51.7 Å².